The number of rotatable bonds is 4. The van der Waals surface area contributed by atoms with Gasteiger partial charge in [0.15, 0.2) is 0 Å². The van der Waals surface area contributed by atoms with Gasteiger partial charge in [0.25, 0.3) is 0 Å². The van der Waals surface area contributed by atoms with E-state index in [1.54, 1.807) is 0 Å². The zero-order valence-corrected chi connectivity index (χ0v) is 11.7. The molecule has 1 fully saturated rings. The maximum Gasteiger partial charge on any atom is 0.130 e. The first-order valence-corrected chi connectivity index (χ1v) is 6.80. The molecule has 18 heavy (non-hydrogen) atoms. The summed E-state index contributed by atoms with van der Waals surface area (Å²) in [6, 6.07) is 5.55. The molecule has 98 valence electrons. The fourth-order valence-corrected chi connectivity index (χ4v) is 2.32. The zero-order valence-electron chi connectivity index (χ0n) is 10.1. The maximum absolute atomic E-state index is 7.55. The molecule has 0 bridgehead atoms. The largest absolute Gasteiger partial charge is 0.493 e. The second-order valence-electron chi connectivity index (χ2n) is 4.42. The van der Waals surface area contributed by atoms with Crippen LogP contribution in [-0.4, -0.2) is 25.7 Å². The monoisotopic (exact) mass is 312 g/mol. The standard InChI is InChI=1S/C13H17BrN2O2/c14-10-1-2-12(11(7-10)13(15)16)18-8-9-3-5-17-6-4-9/h1-2,7,9H,3-6,8H2,(H3,15,16). The predicted octanol–water partition coefficient (Wildman–Crippen LogP) is 2.54. The molecule has 5 heteroatoms. The van der Waals surface area contributed by atoms with Gasteiger partial charge in [0, 0.05) is 17.7 Å². The van der Waals surface area contributed by atoms with Gasteiger partial charge in [-0.25, -0.2) is 0 Å². The summed E-state index contributed by atoms with van der Waals surface area (Å²) >= 11 is 3.37. The van der Waals surface area contributed by atoms with Crippen LogP contribution in [-0.2, 0) is 4.74 Å². The van der Waals surface area contributed by atoms with Gasteiger partial charge in [0.2, 0.25) is 0 Å². The first kappa shape index (κ1) is 13.4. The topological polar surface area (TPSA) is 68.3 Å². The van der Waals surface area contributed by atoms with E-state index in [2.05, 4.69) is 15.9 Å². The molecule has 3 N–H and O–H groups in total. The van der Waals surface area contributed by atoms with Crippen LogP contribution < -0.4 is 10.5 Å². The molecule has 0 saturated carbocycles. The molecule has 0 aliphatic carbocycles. The lowest BCUT2D eigenvalue weighted by Crippen LogP contribution is -2.22. The number of halogens is 1. The Labute approximate surface area is 115 Å². The molecule has 1 heterocycles. The van der Waals surface area contributed by atoms with E-state index >= 15 is 0 Å². The molecule has 1 aliphatic heterocycles. The molecule has 0 atom stereocenters. The van der Waals surface area contributed by atoms with Gasteiger partial charge in [-0.15, -0.1) is 0 Å². The van der Waals surface area contributed by atoms with Crippen LogP contribution in [0.2, 0.25) is 0 Å². The lowest BCUT2D eigenvalue weighted by molar-refractivity contribution is 0.0497. The molecular weight excluding hydrogens is 296 g/mol. The summed E-state index contributed by atoms with van der Waals surface area (Å²) in [5.41, 5.74) is 6.19. The van der Waals surface area contributed by atoms with Crippen molar-refractivity contribution in [1.29, 1.82) is 5.41 Å². The molecule has 4 nitrogen and oxygen atoms in total. The first-order chi connectivity index (χ1) is 8.66. The van der Waals surface area contributed by atoms with Gasteiger partial charge < -0.3 is 15.2 Å². The SMILES string of the molecule is N=C(N)c1cc(Br)ccc1OCC1CCOCC1. The Kier molecular flexibility index (Phi) is 4.60. The smallest absolute Gasteiger partial charge is 0.130 e. The lowest BCUT2D eigenvalue weighted by atomic mass is 10.0. The highest BCUT2D eigenvalue weighted by Gasteiger charge is 2.15. The molecule has 1 saturated heterocycles. The molecule has 0 amide bonds. The number of amidine groups is 1. The summed E-state index contributed by atoms with van der Waals surface area (Å²) in [6.45, 7) is 2.28. The third-order valence-electron chi connectivity index (χ3n) is 3.05. The third-order valence-corrected chi connectivity index (χ3v) is 3.54. The molecular formula is C13H17BrN2O2. The van der Waals surface area contributed by atoms with Crippen molar-refractivity contribution in [3.63, 3.8) is 0 Å². The van der Waals surface area contributed by atoms with Gasteiger partial charge >= 0.3 is 0 Å². The van der Waals surface area contributed by atoms with Crippen molar-refractivity contribution in [3.05, 3.63) is 28.2 Å². The number of ether oxygens (including phenoxy) is 2. The molecule has 1 aromatic rings. The Bertz CT molecular complexity index is 431. The Balaban J connectivity index is 2.01. The molecule has 2 rings (SSSR count). The second-order valence-corrected chi connectivity index (χ2v) is 5.34. The van der Waals surface area contributed by atoms with Crippen molar-refractivity contribution in [2.75, 3.05) is 19.8 Å². The van der Waals surface area contributed by atoms with E-state index in [-0.39, 0.29) is 5.84 Å². The summed E-state index contributed by atoms with van der Waals surface area (Å²) in [5.74, 6) is 1.23. The van der Waals surface area contributed by atoms with Gasteiger partial charge in [-0.2, -0.15) is 0 Å². The van der Waals surface area contributed by atoms with Crippen LogP contribution in [0.3, 0.4) is 0 Å². The minimum absolute atomic E-state index is 0.0262. The van der Waals surface area contributed by atoms with Gasteiger partial charge in [-0.05, 0) is 37.0 Å². The number of nitrogens with one attached hydrogen (secondary N) is 1. The van der Waals surface area contributed by atoms with E-state index in [0.29, 0.717) is 23.8 Å². The average molecular weight is 313 g/mol. The average Bonchev–Trinajstić information content (AvgIpc) is 2.38. The van der Waals surface area contributed by atoms with Crippen LogP contribution in [0.1, 0.15) is 18.4 Å². The Morgan fingerprint density at radius 3 is 2.83 bits per heavy atom. The Hall–Kier alpha value is -1.07. The second kappa shape index (κ2) is 6.20. The summed E-state index contributed by atoms with van der Waals surface area (Å²) < 4.78 is 12.0. The van der Waals surface area contributed by atoms with Gasteiger partial charge in [0.05, 0.1) is 12.2 Å². The first-order valence-electron chi connectivity index (χ1n) is 6.01. The molecule has 1 aliphatic rings. The summed E-state index contributed by atoms with van der Waals surface area (Å²) in [4.78, 5) is 0. The number of benzene rings is 1. The molecule has 0 aromatic heterocycles. The zero-order chi connectivity index (χ0) is 13.0. The number of hydrogen-bond acceptors (Lipinski definition) is 3. The van der Waals surface area contributed by atoms with Crippen molar-refractivity contribution >= 4 is 21.8 Å². The fraction of sp³-hybridized carbons (Fsp3) is 0.462. The Morgan fingerprint density at radius 1 is 1.44 bits per heavy atom. The lowest BCUT2D eigenvalue weighted by Gasteiger charge is -2.22. The van der Waals surface area contributed by atoms with Crippen molar-refractivity contribution < 1.29 is 9.47 Å². The van der Waals surface area contributed by atoms with E-state index in [0.717, 1.165) is 30.5 Å². The van der Waals surface area contributed by atoms with Crippen LogP contribution in [0.4, 0.5) is 0 Å². The summed E-state index contributed by atoms with van der Waals surface area (Å²) in [7, 11) is 0. The van der Waals surface area contributed by atoms with Crippen molar-refractivity contribution in [2.24, 2.45) is 11.7 Å². The molecule has 1 aromatic carbocycles. The minimum atomic E-state index is 0.0262. The van der Waals surface area contributed by atoms with Crippen LogP contribution in [0.25, 0.3) is 0 Å². The van der Waals surface area contributed by atoms with Crippen LogP contribution in [0.5, 0.6) is 5.75 Å². The Morgan fingerprint density at radius 2 is 2.17 bits per heavy atom. The quantitative estimate of drug-likeness (QED) is 0.663. The van der Waals surface area contributed by atoms with E-state index < -0.39 is 0 Å². The minimum Gasteiger partial charge on any atom is -0.493 e. The molecule has 0 unspecified atom stereocenters. The highest BCUT2D eigenvalue weighted by Crippen LogP contribution is 2.24. The van der Waals surface area contributed by atoms with Crippen molar-refractivity contribution in [3.8, 4) is 5.75 Å². The summed E-state index contributed by atoms with van der Waals surface area (Å²) in [6.07, 6.45) is 2.07. The van der Waals surface area contributed by atoms with Crippen molar-refractivity contribution in [2.45, 2.75) is 12.8 Å². The van der Waals surface area contributed by atoms with E-state index in [4.69, 9.17) is 20.6 Å². The van der Waals surface area contributed by atoms with Crippen LogP contribution in [0, 0.1) is 11.3 Å². The maximum atomic E-state index is 7.55. The van der Waals surface area contributed by atoms with Gasteiger partial charge in [-0.3, -0.25) is 5.41 Å². The van der Waals surface area contributed by atoms with Gasteiger partial charge in [0.1, 0.15) is 11.6 Å². The number of nitrogens with two attached hydrogens (primary N) is 1. The molecule has 0 radical (unpaired) electrons. The van der Waals surface area contributed by atoms with Crippen LogP contribution in [0.15, 0.2) is 22.7 Å². The van der Waals surface area contributed by atoms with Gasteiger partial charge in [-0.1, -0.05) is 15.9 Å². The molecule has 0 spiro atoms. The third kappa shape index (κ3) is 3.46. The highest BCUT2D eigenvalue weighted by atomic mass is 79.9. The predicted molar refractivity (Wildman–Crippen MR) is 74.2 cm³/mol. The summed E-state index contributed by atoms with van der Waals surface area (Å²) in [5, 5.41) is 7.55. The van der Waals surface area contributed by atoms with E-state index in [9.17, 15) is 0 Å². The normalized spacial score (nSPS) is 16.5. The number of nitrogen functional groups attached to an aromatic ring is 1. The fourth-order valence-electron chi connectivity index (χ4n) is 1.96. The van der Waals surface area contributed by atoms with E-state index in [1.165, 1.54) is 0 Å². The highest BCUT2D eigenvalue weighted by molar-refractivity contribution is 9.10. The number of hydrogen-bond donors (Lipinski definition) is 2. The van der Waals surface area contributed by atoms with E-state index in [1.807, 2.05) is 18.2 Å². The van der Waals surface area contributed by atoms with Crippen molar-refractivity contribution in [1.82, 2.24) is 0 Å². The van der Waals surface area contributed by atoms with Crippen LogP contribution >= 0.6 is 15.9 Å².